The summed E-state index contributed by atoms with van der Waals surface area (Å²) in [5.74, 6) is 0. The molecule has 0 atom stereocenters. The smallest absolute Gasteiger partial charge is 0.0571 e. The van der Waals surface area contributed by atoms with E-state index in [0.717, 1.165) is 16.8 Å². The van der Waals surface area contributed by atoms with Crippen LogP contribution in [-0.2, 0) is 5.54 Å². The van der Waals surface area contributed by atoms with Crippen molar-refractivity contribution in [3.63, 3.8) is 0 Å². The predicted molar refractivity (Wildman–Crippen MR) is 71.8 cm³/mol. The van der Waals surface area contributed by atoms with Gasteiger partial charge in [0, 0.05) is 16.9 Å². The highest BCUT2D eigenvalue weighted by Crippen LogP contribution is 2.27. The van der Waals surface area contributed by atoms with Crippen LogP contribution in [0.15, 0.2) is 30.5 Å². The molecule has 0 saturated heterocycles. The van der Waals surface area contributed by atoms with Crippen molar-refractivity contribution in [3.8, 4) is 11.1 Å². The van der Waals surface area contributed by atoms with E-state index >= 15 is 0 Å². The Morgan fingerprint density at radius 3 is 2.47 bits per heavy atom. The second-order valence-corrected chi connectivity index (χ2v) is 5.35. The zero-order chi connectivity index (χ0) is 12.6. The lowest BCUT2D eigenvalue weighted by molar-refractivity contribution is 0.348. The van der Waals surface area contributed by atoms with Crippen LogP contribution in [0.2, 0.25) is 0 Å². The van der Waals surface area contributed by atoms with Crippen LogP contribution in [0.1, 0.15) is 26.5 Å². The first-order valence-corrected chi connectivity index (χ1v) is 5.80. The second-order valence-electron chi connectivity index (χ2n) is 5.35. The molecule has 0 fully saturated rings. The number of hydrogen-bond acceptors (Lipinski definition) is 2. The lowest BCUT2D eigenvalue weighted by Gasteiger charge is -2.21. The lowest BCUT2D eigenvalue weighted by atomic mass is 10.0. The van der Waals surface area contributed by atoms with Crippen molar-refractivity contribution in [2.24, 2.45) is 0 Å². The Morgan fingerprint density at radius 2 is 1.94 bits per heavy atom. The molecule has 0 radical (unpaired) electrons. The molecule has 0 spiro atoms. The van der Waals surface area contributed by atoms with Gasteiger partial charge in [-0.2, -0.15) is 5.10 Å². The summed E-state index contributed by atoms with van der Waals surface area (Å²) in [5.41, 5.74) is 10.0. The Morgan fingerprint density at radius 1 is 1.24 bits per heavy atom. The van der Waals surface area contributed by atoms with Gasteiger partial charge in [0.1, 0.15) is 0 Å². The summed E-state index contributed by atoms with van der Waals surface area (Å²) in [6, 6.07) is 7.91. The van der Waals surface area contributed by atoms with E-state index in [1.165, 1.54) is 5.69 Å². The number of aromatic nitrogens is 2. The molecule has 2 aromatic rings. The molecule has 0 aliphatic heterocycles. The topological polar surface area (TPSA) is 43.8 Å². The molecule has 1 aromatic heterocycles. The summed E-state index contributed by atoms with van der Waals surface area (Å²) in [7, 11) is 0. The summed E-state index contributed by atoms with van der Waals surface area (Å²) < 4.78 is 2.05. The van der Waals surface area contributed by atoms with E-state index in [1.54, 1.807) is 0 Å². The van der Waals surface area contributed by atoms with Gasteiger partial charge < -0.3 is 5.73 Å². The van der Waals surface area contributed by atoms with Crippen molar-refractivity contribution in [2.45, 2.75) is 33.2 Å². The van der Waals surface area contributed by atoms with E-state index in [9.17, 15) is 0 Å². The number of nitrogens with zero attached hydrogens (tertiary/aromatic N) is 2. The molecule has 0 unspecified atom stereocenters. The van der Waals surface area contributed by atoms with Crippen LogP contribution in [0, 0.1) is 6.92 Å². The molecule has 2 rings (SSSR count). The van der Waals surface area contributed by atoms with Crippen LogP contribution in [0.5, 0.6) is 0 Å². The van der Waals surface area contributed by atoms with Gasteiger partial charge in [-0.05, 0) is 45.4 Å². The molecular formula is C14H19N3. The normalized spacial score (nSPS) is 11.8. The number of benzene rings is 1. The Kier molecular flexibility index (Phi) is 2.69. The van der Waals surface area contributed by atoms with Gasteiger partial charge in [-0.3, -0.25) is 4.68 Å². The molecule has 0 aliphatic rings. The van der Waals surface area contributed by atoms with Gasteiger partial charge in [-0.1, -0.05) is 12.1 Å². The summed E-state index contributed by atoms with van der Waals surface area (Å²) in [4.78, 5) is 0. The van der Waals surface area contributed by atoms with Crippen LogP contribution in [0.3, 0.4) is 0 Å². The first-order valence-electron chi connectivity index (χ1n) is 5.80. The number of nitrogens with two attached hydrogens (primary N) is 1. The van der Waals surface area contributed by atoms with Crippen LogP contribution >= 0.6 is 0 Å². The maximum absolute atomic E-state index is 5.81. The fraction of sp³-hybridized carbons (Fsp3) is 0.357. The van der Waals surface area contributed by atoms with Gasteiger partial charge in [-0.15, -0.1) is 0 Å². The van der Waals surface area contributed by atoms with Gasteiger partial charge in [-0.25, -0.2) is 0 Å². The Labute approximate surface area is 102 Å². The van der Waals surface area contributed by atoms with Crippen molar-refractivity contribution >= 4 is 5.69 Å². The molecule has 0 bridgehead atoms. The van der Waals surface area contributed by atoms with E-state index in [1.807, 2.05) is 29.1 Å². The standard InChI is InChI=1S/C14H19N3/c1-10-13(9-16-17(10)14(2,3)4)11-6-5-7-12(15)8-11/h5-9H,15H2,1-4H3. The molecule has 0 saturated carbocycles. The average Bonchev–Trinajstić information content (AvgIpc) is 2.59. The molecule has 2 N–H and O–H groups in total. The third kappa shape index (κ3) is 2.18. The monoisotopic (exact) mass is 229 g/mol. The Balaban J connectivity index is 2.52. The van der Waals surface area contributed by atoms with E-state index in [2.05, 4.69) is 38.9 Å². The van der Waals surface area contributed by atoms with Crippen molar-refractivity contribution in [1.82, 2.24) is 9.78 Å². The van der Waals surface area contributed by atoms with Gasteiger partial charge in [0.05, 0.1) is 11.7 Å². The minimum absolute atomic E-state index is 0.00264. The Hall–Kier alpha value is -1.77. The molecule has 0 aliphatic carbocycles. The number of nitrogen functional groups attached to an aromatic ring is 1. The minimum Gasteiger partial charge on any atom is -0.399 e. The fourth-order valence-corrected chi connectivity index (χ4v) is 2.08. The quantitative estimate of drug-likeness (QED) is 0.763. The van der Waals surface area contributed by atoms with E-state index < -0.39 is 0 Å². The first kappa shape index (κ1) is 11.7. The maximum atomic E-state index is 5.81. The van der Waals surface area contributed by atoms with Crippen LogP contribution in [0.4, 0.5) is 5.69 Å². The summed E-state index contributed by atoms with van der Waals surface area (Å²) in [6.45, 7) is 8.54. The van der Waals surface area contributed by atoms with Gasteiger partial charge in [0.25, 0.3) is 0 Å². The molecule has 3 heteroatoms. The molecule has 1 aromatic carbocycles. The van der Waals surface area contributed by atoms with Crippen LogP contribution in [-0.4, -0.2) is 9.78 Å². The van der Waals surface area contributed by atoms with Gasteiger partial charge in [0.15, 0.2) is 0 Å². The Bertz CT molecular complexity index is 533. The fourth-order valence-electron chi connectivity index (χ4n) is 2.08. The number of hydrogen-bond donors (Lipinski definition) is 1. The van der Waals surface area contributed by atoms with Crippen molar-refractivity contribution in [2.75, 3.05) is 5.73 Å². The van der Waals surface area contributed by atoms with Gasteiger partial charge in [0.2, 0.25) is 0 Å². The molecule has 0 amide bonds. The second kappa shape index (κ2) is 3.91. The molecule has 1 heterocycles. The first-order chi connectivity index (χ1) is 7.89. The number of rotatable bonds is 1. The summed E-state index contributed by atoms with van der Waals surface area (Å²) in [6.07, 6.45) is 1.91. The van der Waals surface area contributed by atoms with E-state index in [-0.39, 0.29) is 5.54 Å². The summed E-state index contributed by atoms with van der Waals surface area (Å²) in [5, 5.41) is 4.47. The highest BCUT2D eigenvalue weighted by atomic mass is 15.3. The molecular weight excluding hydrogens is 210 g/mol. The molecule has 17 heavy (non-hydrogen) atoms. The van der Waals surface area contributed by atoms with Crippen LogP contribution in [0.25, 0.3) is 11.1 Å². The number of anilines is 1. The third-order valence-electron chi connectivity index (χ3n) is 2.84. The molecule has 3 nitrogen and oxygen atoms in total. The highest BCUT2D eigenvalue weighted by Gasteiger charge is 2.18. The summed E-state index contributed by atoms with van der Waals surface area (Å²) >= 11 is 0. The zero-order valence-electron chi connectivity index (χ0n) is 10.9. The largest absolute Gasteiger partial charge is 0.399 e. The highest BCUT2D eigenvalue weighted by molar-refractivity contribution is 5.68. The van der Waals surface area contributed by atoms with Crippen molar-refractivity contribution in [3.05, 3.63) is 36.2 Å². The van der Waals surface area contributed by atoms with E-state index in [4.69, 9.17) is 5.73 Å². The van der Waals surface area contributed by atoms with Gasteiger partial charge >= 0.3 is 0 Å². The van der Waals surface area contributed by atoms with Crippen molar-refractivity contribution in [1.29, 1.82) is 0 Å². The van der Waals surface area contributed by atoms with Crippen molar-refractivity contribution < 1.29 is 0 Å². The predicted octanol–water partition coefficient (Wildman–Crippen LogP) is 3.20. The maximum Gasteiger partial charge on any atom is 0.0571 e. The lowest BCUT2D eigenvalue weighted by Crippen LogP contribution is -2.24. The average molecular weight is 229 g/mol. The minimum atomic E-state index is 0.00264. The van der Waals surface area contributed by atoms with E-state index in [0.29, 0.717) is 0 Å². The third-order valence-corrected chi connectivity index (χ3v) is 2.84. The van der Waals surface area contributed by atoms with Crippen LogP contribution < -0.4 is 5.73 Å². The SMILES string of the molecule is Cc1c(-c2cccc(N)c2)cnn1C(C)(C)C. The zero-order valence-corrected chi connectivity index (χ0v) is 10.9. The molecule has 90 valence electrons.